The monoisotopic (exact) mass is 286 g/mol. The molecule has 90 valence electrons. The third-order valence-corrected chi connectivity index (χ3v) is 3.79. The zero-order valence-electron chi connectivity index (χ0n) is 10.1. The summed E-state index contributed by atoms with van der Waals surface area (Å²) in [6.45, 7) is 4.25. The zero-order valence-corrected chi connectivity index (χ0v) is 11.7. The van der Waals surface area contributed by atoms with Crippen LogP contribution in [0.5, 0.6) is 0 Å². The molecular formula is C14H20BrF. The Kier molecular flexibility index (Phi) is 6.04. The van der Waals surface area contributed by atoms with Crippen molar-refractivity contribution < 1.29 is 4.39 Å². The lowest BCUT2D eigenvalue weighted by atomic mass is 10.0. The number of benzene rings is 1. The van der Waals surface area contributed by atoms with Gasteiger partial charge in [-0.3, -0.25) is 0 Å². The van der Waals surface area contributed by atoms with Crippen LogP contribution in [-0.2, 0) is 6.42 Å². The Balaban J connectivity index is 2.39. The predicted octanol–water partition coefficient (Wildman–Crippen LogP) is 5.02. The van der Waals surface area contributed by atoms with Gasteiger partial charge in [-0.1, -0.05) is 35.3 Å². The molecule has 0 aliphatic carbocycles. The molecule has 1 aromatic carbocycles. The summed E-state index contributed by atoms with van der Waals surface area (Å²) in [7, 11) is 0. The van der Waals surface area contributed by atoms with Gasteiger partial charge in [-0.2, -0.15) is 0 Å². The van der Waals surface area contributed by atoms with E-state index in [0.717, 1.165) is 18.4 Å². The van der Waals surface area contributed by atoms with Crippen molar-refractivity contribution in [2.24, 2.45) is 0 Å². The molecule has 0 aliphatic rings. The minimum Gasteiger partial charge on any atom is -0.207 e. The van der Waals surface area contributed by atoms with E-state index in [1.165, 1.54) is 30.9 Å². The fourth-order valence-electron chi connectivity index (χ4n) is 1.88. The van der Waals surface area contributed by atoms with Crippen molar-refractivity contribution in [3.63, 3.8) is 0 Å². The van der Waals surface area contributed by atoms with E-state index in [1.807, 2.05) is 13.0 Å². The van der Waals surface area contributed by atoms with Crippen LogP contribution in [0.3, 0.4) is 0 Å². The van der Waals surface area contributed by atoms with E-state index in [9.17, 15) is 4.39 Å². The molecule has 0 amide bonds. The Bertz CT molecular complexity index is 323. The smallest absolute Gasteiger partial charge is 0.123 e. The molecule has 0 saturated carbocycles. The van der Waals surface area contributed by atoms with Crippen LogP contribution in [0.1, 0.15) is 43.7 Å². The molecule has 0 spiro atoms. The second kappa shape index (κ2) is 7.05. The van der Waals surface area contributed by atoms with Gasteiger partial charge in [-0.05, 0) is 55.9 Å². The second-order valence-electron chi connectivity index (χ2n) is 4.35. The maximum atomic E-state index is 13.0. The van der Waals surface area contributed by atoms with Crippen molar-refractivity contribution in [3.8, 4) is 0 Å². The molecule has 0 aliphatic heterocycles. The molecule has 0 bridgehead atoms. The van der Waals surface area contributed by atoms with Gasteiger partial charge < -0.3 is 0 Å². The van der Waals surface area contributed by atoms with E-state index < -0.39 is 0 Å². The molecule has 1 rings (SSSR count). The molecule has 0 N–H and O–H groups in total. The Morgan fingerprint density at radius 2 is 2.06 bits per heavy atom. The summed E-state index contributed by atoms with van der Waals surface area (Å²) in [6, 6.07) is 5.06. The summed E-state index contributed by atoms with van der Waals surface area (Å²) >= 11 is 3.67. The highest BCUT2D eigenvalue weighted by atomic mass is 79.9. The van der Waals surface area contributed by atoms with Gasteiger partial charge in [-0.25, -0.2) is 4.39 Å². The highest BCUT2D eigenvalue weighted by molar-refractivity contribution is 9.09. The van der Waals surface area contributed by atoms with E-state index in [0.29, 0.717) is 4.83 Å². The summed E-state index contributed by atoms with van der Waals surface area (Å²) in [5.41, 5.74) is 2.35. The van der Waals surface area contributed by atoms with Crippen LogP contribution in [0.25, 0.3) is 0 Å². The Morgan fingerprint density at radius 1 is 1.31 bits per heavy atom. The maximum Gasteiger partial charge on any atom is 0.123 e. The van der Waals surface area contributed by atoms with E-state index in [4.69, 9.17) is 0 Å². The standard InChI is InChI=1S/C14H20BrF/c1-3-5-13(15)7-4-6-12-10-14(16)9-8-11(12)2/h8-10,13H,3-7H2,1-2H3. The number of hydrogen-bond acceptors (Lipinski definition) is 0. The van der Waals surface area contributed by atoms with Gasteiger partial charge in [0, 0.05) is 4.83 Å². The van der Waals surface area contributed by atoms with Crippen LogP contribution < -0.4 is 0 Å². The normalized spacial score (nSPS) is 12.8. The molecule has 0 saturated heterocycles. The quantitative estimate of drug-likeness (QED) is 0.644. The van der Waals surface area contributed by atoms with E-state index in [2.05, 4.69) is 22.9 Å². The van der Waals surface area contributed by atoms with Crippen molar-refractivity contribution in [2.75, 3.05) is 0 Å². The predicted molar refractivity (Wildman–Crippen MR) is 71.7 cm³/mol. The molecule has 1 aromatic rings. The summed E-state index contributed by atoms with van der Waals surface area (Å²) in [4.78, 5) is 0.617. The molecule has 0 aromatic heterocycles. The lowest BCUT2D eigenvalue weighted by molar-refractivity contribution is 0.619. The van der Waals surface area contributed by atoms with Crippen LogP contribution in [0, 0.1) is 12.7 Å². The number of hydrogen-bond donors (Lipinski definition) is 0. The number of rotatable bonds is 6. The van der Waals surface area contributed by atoms with Crippen LogP contribution in [0.4, 0.5) is 4.39 Å². The number of alkyl halides is 1. The molecular weight excluding hydrogens is 267 g/mol. The SMILES string of the molecule is CCCC(Br)CCCc1cc(F)ccc1C. The Hall–Kier alpha value is -0.370. The highest BCUT2D eigenvalue weighted by Gasteiger charge is 2.04. The summed E-state index contributed by atoms with van der Waals surface area (Å²) < 4.78 is 13.0. The fraction of sp³-hybridized carbons (Fsp3) is 0.571. The van der Waals surface area contributed by atoms with Gasteiger partial charge in [0.2, 0.25) is 0 Å². The first-order valence-corrected chi connectivity index (χ1v) is 6.94. The average molecular weight is 287 g/mol. The number of aryl methyl sites for hydroxylation is 2. The molecule has 0 fully saturated rings. The van der Waals surface area contributed by atoms with Crippen molar-refractivity contribution in [1.82, 2.24) is 0 Å². The topological polar surface area (TPSA) is 0 Å². The van der Waals surface area contributed by atoms with E-state index in [-0.39, 0.29) is 5.82 Å². The van der Waals surface area contributed by atoms with Crippen molar-refractivity contribution in [1.29, 1.82) is 0 Å². The van der Waals surface area contributed by atoms with Gasteiger partial charge >= 0.3 is 0 Å². The molecule has 2 heteroatoms. The molecule has 0 nitrogen and oxygen atoms in total. The van der Waals surface area contributed by atoms with Crippen LogP contribution in [-0.4, -0.2) is 4.83 Å². The summed E-state index contributed by atoms with van der Waals surface area (Å²) in [5.74, 6) is -0.121. The highest BCUT2D eigenvalue weighted by Crippen LogP contribution is 2.18. The lowest BCUT2D eigenvalue weighted by Crippen LogP contribution is -1.99. The van der Waals surface area contributed by atoms with Gasteiger partial charge in [0.25, 0.3) is 0 Å². The molecule has 16 heavy (non-hydrogen) atoms. The molecule has 1 unspecified atom stereocenters. The third kappa shape index (κ3) is 4.65. The van der Waals surface area contributed by atoms with E-state index in [1.54, 1.807) is 6.07 Å². The molecule has 1 atom stereocenters. The van der Waals surface area contributed by atoms with E-state index >= 15 is 0 Å². The van der Waals surface area contributed by atoms with Gasteiger partial charge in [0.05, 0.1) is 0 Å². The maximum absolute atomic E-state index is 13.0. The van der Waals surface area contributed by atoms with Crippen LogP contribution >= 0.6 is 15.9 Å². The van der Waals surface area contributed by atoms with Gasteiger partial charge in [0.1, 0.15) is 5.82 Å². The minimum absolute atomic E-state index is 0.121. The second-order valence-corrected chi connectivity index (χ2v) is 5.64. The van der Waals surface area contributed by atoms with Gasteiger partial charge in [0.15, 0.2) is 0 Å². The average Bonchev–Trinajstić information content (AvgIpc) is 2.23. The van der Waals surface area contributed by atoms with Crippen LogP contribution in [0.15, 0.2) is 18.2 Å². The summed E-state index contributed by atoms with van der Waals surface area (Å²) in [6.07, 6.45) is 5.72. The van der Waals surface area contributed by atoms with Crippen LogP contribution in [0.2, 0.25) is 0 Å². The fourth-order valence-corrected chi connectivity index (χ4v) is 2.66. The lowest BCUT2D eigenvalue weighted by Gasteiger charge is -2.09. The first-order valence-electron chi connectivity index (χ1n) is 6.02. The van der Waals surface area contributed by atoms with Gasteiger partial charge in [-0.15, -0.1) is 0 Å². The third-order valence-electron chi connectivity index (χ3n) is 2.88. The summed E-state index contributed by atoms with van der Waals surface area (Å²) in [5, 5.41) is 0. The van der Waals surface area contributed by atoms with Crippen molar-refractivity contribution >= 4 is 15.9 Å². The number of halogens is 2. The zero-order chi connectivity index (χ0) is 12.0. The van der Waals surface area contributed by atoms with Crippen molar-refractivity contribution in [3.05, 3.63) is 35.1 Å². The minimum atomic E-state index is -0.121. The first-order chi connectivity index (χ1) is 7.63. The molecule has 0 heterocycles. The van der Waals surface area contributed by atoms with Crippen molar-refractivity contribution in [2.45, 2.75) is 50.8 Å². The Labute approximate surface area is 106 Å². The molecule has 0 radical (unpaired) electrons. The largest absolute Gasteiger partial charge is 0.207 e. The Morgan fingerprint density at radius 3 is 2.75 bits per heavy atom. The first kappa shape index (κ1) is 13.7.